The van der Waals surface area contributed by atoms with Gasteiger partial charge >= 0.3 is 0 Å². The molecule has 0 atom stereocenters. The molecule has 1 saturated carbocycles. The van der Waals surface area contributed by atoms with Crippen LogP contribution in [0.2, 0.25) is 0 Å². The summed E-state index contributed by atoms with van der Waals surface area (Å²) in [5.41, 5.74) is -0.178. The molecule has 1 fully saturated rings. The van der Waals surface area contributed by atoms with E-state index in [1.165, 1.54) is 19.4 Å². The van der Waals surface area contributed by atoms with E-state index in [1.54, 1.807) is 0 Å². The summed E-state index contributed by atoms with van der Waals surface area (Å²) in [6.07, 6.45) is 3.47. The lowest BCUT2D eigenvalue weighted by Gasteiger charge is -2.27. The van der Waals surface area contributed by atoms with Gasteiger partial charge in [-0.15, -0.1) is 0 Å². The van der Waals surface area contributed by atoms with Crippen molar-refractivity contribution in [2.45, 2.75) is 59.9 Å². The van der Waals surface area contributed by atoms with Crippen molar-refractivity contribution in [1.29, 1.82) is 0 Å². The van der Waals surface area contributed by atoms with Gasteiger partial charge in [-0.05, 0) is 32.6 Å². The zero-order chi connectivity index (χ0) is 12.3. The van der Waals surface area contributed by atoms with Crippen LogP contribution in [-0.4, -0.2) is 29.8 Å². The largest absolute Gasteiger partial charge is 0.300 e. The molecule has 0 aromatic rings. The van der Waals surface area contributed by atoms with Gasteiger partial charge in [0.25, 0.3) is 0 Å². The molecule has 1 aliphatic rings. The maximum absolute atomic E-state index is 11.9. The molecule has 0 bridgehead atoms. The van der Waals surface area contributed by atoms with Gasteiger partial charge in [0.2, 0.25) is 0 Å². The molecule has 0 aromatic heterocycles. The SMILES string of the molecule is CC(C)N(CCC(=O)C(C)(C)C)CC1CC1. The van der Waals surface area contributed by atoms with Gasteiger partial charge in [0.05, 0.1) is 0 Å². The molecule has 0 unspecified atom stereocenters. The molecule has 0 N–H and O–H groups in total. The van der Waals surface area contributed by atoms with Gasteiger partial charge in [-0.3, -0.25) is 4.79 Å². The van der Waals surface area contributed by atoms with Crippen LogP contribution in [0.5, 0.6) is 0 Å². The van der Waals surface area contributed by atoms with Gasteiger partial charge in [0, 0.05) is 31.0 Å². The van der Waals surface area contributed by atoms with Crippen LogP contribution in [0.1, 0.15) is 53.9 Å². The van der Waals surface area contributed by atoms with Crippen molar-refractivity contribution >= 4 is 5.78 Å². The zero-order valence-electron chi connectivity index (χ0n) is 11.5. The fraction of sp³-hybridized carbons (Fsp3) is 0.929. The summed E-state index contributed by atoms with van der Waals surface area (Å²) in [5.74, 6) is 1.29. The predicted octanol–water partition coefficient (Wildman–Crippen LogP) is 3.11. The van der Waals surface area contributed by atoms with Crippen LogP contribution >= 0.6 is 0 Å². The quantitative estimate of drug-likeness (QED) is 0.692. The highest BCUT2D eigenvalue weighted by Crippen LogP contribution is 2.30. The molecule has 16 heavy (non-hydrogen) atoms. The lowest BCUT2D eigenvalue weighted by molar-refractivity contribution is -0.126. The maximum Gasteiger partial charge on any atom is 0.139 e. The number of hydrogen-bond acceptors (Lipinski definition) is 2. The number of Topliss-reactive ketones (excluding diaryl/α,β-unsaturated/α-hetero) is 1. The summed E-state index contributed by atoms with van der Waals surface area (Å²) in [7, 11) is 0. The summed E-state index contributed by atoms with van der Waals surface area (Å²) >= 11 is 0. The topological polar surface area (TPSA) is 20.3 Å². The molecular weight excluding hydrogens is 198 g/mol. The molecule has 94 valence electrons. The predicted molar refractivity (Wildman–Crippen MR) is 68.5 cm³/mol. The molecule has 1 rings (SSSR count). The van der Waals surface area contributed by atoms with Gasteiger partial charge in [0.1, 0.15) is 5.78 Å². The molecule has 0 saturated heterocycles. The van der Waals surface area contributed by atoms with E-state index in [0.717, 1.165) is 12.5 Å². The summed E-state index contributed by atoms with van der Waals surface area (Å²) in [6, 6.07) is 0.563. The molecule has 0 heterocycles. The van der Waals surface area contributed by atoms with Crippen LogP contribution in [0.3, 0.4) is 0 Å². The second-order valence-electron chi connectivity index (χ2n) is 6.46. The van der Waals surface area contributed by atoms with Crippen LogP contribution in [-0.2, 0) is 4.79 Å². The minimum absolute atomic E-state index is 0.178. The molecule has 0 spiro atoms. The Bertz CT molecular complexity index is 236. The maximum atomic E-state index is 11.9. The Morgan fingerprint density at radius 2 is 1.88 bits per heavy atom. The third-order valence-corrected chi connectivity index (χ3v) is 3.38. The zero-order valence-corrected chi connectivity index (χ0v) is 11.5. The fourth-order valence-electron chi connectivity index (χ4n) is 1.81. The Balaban J connectivity index is 2.34. The first-order valence-corrected chi connectivity index (χ1v) is 6.58. The van der Waals surface area contributed by atoms with Crippen molar-refractivity contribution in [2.24, 2.45) is 11.3 Å². The number of carbonyl (C=O) groups is 1. The Labute approximate surface area is 100 Å². The molecule has 2 nitrogen and oxygen atoms in total. The number of ketones is 1. The highest BCUT2D eigenvalue weighted by molar-refractivity contribution is 5.83. The minimum atomic E-state index is -0.178. The molecule has 0 radical (unpaired) electrons. The summed E-state index contributed by atoms with van der Waals surface area (Å²) in [4.78, 5) is 14.3. The van der Waals surface area contributed by atoms with E-state index < -0.39 is 0 Å². The molecule has 1 aliphatic carbocycles. The van der Waals surface area contributed by atoms with Gasteiger partial charge in [0.15, 0.2) is 0 Å². The van der Waals surface area contributed by atoms with Crippen molar-refractivity contribution in [1.82, 2.24) is 4.90 Å². The summed E-state index contributed by atoms with van der Waals surface area (Å²) < 4.78 is 0. The first-order chi connectivity index (χ1) is 7.30. The van der Waals surface area contributed by atoms with Gasteiger partial charge < -0.3 is 4.90 Å². The third-order valence-electron chi connectivity index (χ3n) is 3.38. The van der Waals surface area contributed by atoms with Crippen LogP contribution < -0.4 is 0 Å². The number of hydrogen-bond donors (Lipinski definition) is 0. The average Bonchev–Trinajstić information content (AvgIpc) is 2.92. The highest BCUT2D eigenvalue weighted by Gasteiger charge is 2.27. The van der Waals surface area contributed by atoms with E-state index in [-0.39, 0.29) is 5.41 Å². The van der Waals surface area contributed by atoms with E-state index in [9.17, 15) is 4.79 Å². The average molecular weight is 225 g/mol. The molecule has 2 heteroatoms. The Hall–Kier alpha value is -0.370. The first-order valence-electron chi connectivity index (χ1n) is 6.58. The molecule has 0 aromatic carbocycles. The minimum Gasteiger partial charge on any atom is -0.300 e. The first kappa shape index (κ1) is 13.7. The number of carbonyl (C=O) groups excluding carboxylic acids is 1. The number of nitrogens with zero attached hydrogens (tertiary/aromatic N) is 1. The third kappa shape index (κ3) is 4.65. The van der Waals surface area contributed by atoms with E-state index in [4.69, 9.17) is 0 Å². The van der Waals surface area contributed by atoms with E-state index in [1.807, 2.05) is 20.8 Å². The van der Waals surface area contributed by atoms with Crippen molar-refractivity contribution in [3.63, 3.8) is 0 Å². The molecule has 0 amide bonds. The monoisotopic (exact) mass is 225 g/mol. The van der Waals surface area contributed by atoms with Crippen LogP contribution in [0.15, 0.2) is 0 Å². The smallest absolute Gasteiger partial charge is 0.139 e. The standard InChI is InChI=1S/C14H27NO/c1-11(2)15(10-12-6-7-12)9-8-13(16)14(3,4)5/h11-12H,6-10H2,1-5H3. The Morgan fingerprint density at radius 3 is 2.25 bits per heavy atom. The highest BCUT2D eigenvalue weighted by atomic mass is 16.1. The van der Waals surface area contributed by atoms with Crippen molar-refractivity contribution in [2.75, 3.05) is 13.1 Å². The number of rotatable bonds is 6. The van der Waals surface area contributed by atoms with Gasteiger partial charge in [-0.1, -0.05) is 20.8 Å². The van der Waals surface area contributed by atoms with Crippen molar-refractivity contribution in [3.8, 4) is 0 Å². The second-order valence-corrected chi connectivity index (χ2v) is 6.46. The Morgan fingerprint density at radius 1 is 1.31 bits per heavy atom. The molecule has 0 aliphatic heterocycles. The molecular formula is C14H27NO. The van der Waals surface area contributed by atoms with E-state index in [0.29, 0.717) is 18.2 Å². The van der Waals surface area contributed by atoms with Crippen molar-refractivity contribution in [3.05, 3.63) is 0 Å². The summed E-state index contributed by atoms with van der Waals surface area (Å²) in [6.45, 7) is 12.6. The van der Waals surface area contributed by atoms with Gasteiger partial charge in [-0.25, -0.2) is 0 Å². The van der Waals surface area contributed by atoms with E-state index >= 15 is 0 Å². The van der Waals surface area contributed by atoms with Crippen molar-refractivity contribution < 1.29 is 4.79 Å². The lowest BCUT2D eigenvalue weighted by Crippen LogP contribution is -2.36. The van der Waals surface area contributed by atoms with Crippen LogP contribution in [0, 0.1) is 11.3 Å². The van der Waals surface area contributed by atoms with Crippen LogP contribution in [0.4, 0.5) is 0 Å². The normalized spacial score (nSPS) is 17.2. The van der Waals surface area contributed by atoms with Crippen LogP contribution in [0.25, 0.3) is 0 Å². The van der Waals surface area contributed by atoms with E-state index in [2.05, 4.69) is 18.7 Å². The fourth-order valence-corrected chi connectivity index (χ4v) is 1.81. The Kier molecular flexibility index (Phi) is 4.54. The van der Waals surface area contributed by atoms with Gasteiger partial charge in [-0.2, -0.15) is 0 Å². The second kappa shape index (κ2) is 5.31. The summed E-state index contributed by atoms with van der Waals surface area (Å²) in [5, 5.41) is 0. The lowest BCUT2D eigenvalue weighted by atomic mass is 9.89.